The van der Waals surface area contributed by atoms with Crippen LogP contribution in [-0.4, -0.2) is 18.8 Å². The van der Waals surface area contributed by atoms with Gasteiger partial charge in [0.1, 0.15) is 11.5 Å². The highest BCUT2D eigenvalue weighted by Crippen LogP contribution is 2.20. The Balaban J connectivity index is 1.52. The zero-order chi connectivity index (χ0) is 21.9. The van der Waals surface area contributed by atoms with Crippen molar-refractivity contribution in [2.75, 3.05) is 6.61 Å². The van der Waals surface area contributed by atoms with E-state index in [0.717, 1.165) is 35.6 Å². The van der Waals surface area contributed by atoms with E-state index in [0.29, 0.717) is 11.3 Å². The maximum absolute atomic E-state index is 12.3. The second-order valence-electron chi connectivity index (χ2n) is 7.44. The predicted octanol–water partition coefficient (Wildman–Crippen LogP) is 6.92. The fourth-order valence-electron chi connectivity index (χ4n) is 3.03. The van der Waals surface area contributed by atoms with Gasteiger partial charge in [0.05, 0.1) is 17.9 Å². The number of hydrogen-bond acceptors (Lipinski definition) is 4. The highest BCUT2D eigenvalue weighted by atomic mass is 16.5. The first kappa shape index (κ1) is 22.3. The lowest BCUT2D eigenvalue weighted by Gasteiger charge is -2.07. The molecule has 0 fully saturated rings. The number of carbonyl (C=O) groups excluding carboxylic acids is 1. The average molecular weight is 416 g/mol. The van der Waals surface area contributed by atoms with Crippen molar-refractivity contribution in [3.05, 3.63) is 89.5 Å². The van der Waals surface area contributed by atoms with E-state index >= 15 is 0 Å². The Bertz CT molecular complexity index is 992. The molecule has 3 aromatic carbocycles. The van der Waals surface area contributed by atoms with Crippen LogP contribution in [0.3, 0.4) is 0 Å². The number of aryl methyl sites for hydroxylation is 1. The molecule has 0 aliphatic heterocycles. The molecule has 3 aromatic rings. The predicted molar refractivity (Wildman–Crippen MR) is 126 cm³/mol. The van der Waals surface area contributed by atoms with Crippen LogP contribution in [-0.2, 0) is 0 Å². The molecule has 0 bridgehead atoms. The van der Waals surface area contributed by atoms with Crippen molar-refractivity contribution in [1.29, 1.82) is 0 Å². The molecule has 0 radical (unpaired) electrons. The van der Waals surface area contributed by atoms with E-state index in [2.05, 4.69) is 11.9 Å². The van der Waals surface area contributed by atoms with Gasteiger partial charge in [-0.2, -0.15) is 0 Å². The van der Waals surface area contributed by atoms with Crippen LogP contribution in [0.2, 0.25) is 0 Å². The first-order chi connectivity index (χ1) is 15.2. The molecule has 0 saturated carbocycles. The van der Waals surface area contributed by atoms with E-state index in [1.165, 1.54) is 19.3 Å². The van der Waals surface area contributed by atoms with Gasteiger partial charge < -0.3 is 9.47 Å². The van der Waals surface area contributed by atoms with Crippen molar-refractivity contribution >= 4 is 17.9 Å². The smallest absolute Gasteiger partial charge is 0.343 e. The standard InChI is InChI=1S/C27H29NO3/c1-3-4-5-8-19-30-25-17-11-22(12-18-25)20-28-24-15-13-23(14-16-24)27(29)31-26-10-7-6-9-21(26)2/h6-7,9-18,20H,3-5,8,19H2,1-2H3. The van der Waals surface area contributed by atoms with Gasteiger partial charge in [0, 0.05) is 6.21 Å². The molecule has 0 saturated heterocycles. The van der Waals surface area contributed by atoms with Crippen molar-refractivity contribution < 1.29 is 14.3 Å². The number of hydrogen-bond donors (Lipinski definition) is 0. The van der Waals surface area contributed by atoms with Gasteiger partial charge in [-0.15, -0.1) is 0 Å². The van der Waals surface area contributed by atoms with Gasteiger partial charge in [-0.05, 0) is 79.1 Å². The van der Waals surface area contributed by atoms with Crippen molar-refractivity contribution in [3.8, 4) is 11.5 Å². The summed E-state index contributed by atoms with van der Waals surface area (Å²) in [7, 11) is 0. The monoisotopic (exact) mass is 415 g/mol. The Hall–Kier alpha value is -3.40. The lowest BCUT2D eigenvalue weighted by atomic mass is 10.2. The molecule has 4 nitrogen and oxygen atoms in total. The number of ether oxygens (including phenoxy) is 2. The number of benzene rings is 3. The molecule has 4 heteroatoms. The minimum absolute atomic E-state index is 0.380. The van der Waals surface area contributed by atoms with Crippen molar-refractivity contribution in [3.63, 3.8) is 0 Å². The molecule has 0 spiro atoms. The quantitative estimate of drug-likeness (QED) is 0.156. The Morgan fingerprint density at radius 2 is 1.65 bits per heavy atom. The van der Waals surface area contributed by atoms with Crippen LogP contribution in [0.4, 0.5) is 5.69 Å². The van der Waals surface area contributed by atoms with E-state index in [-0.39, 0.29) is 5.97 Å². The summed E-state index contributed by atoms with van der Waals surface area (Å²) in [5, 5.41) is 0. The van der Waals surface area contributed by atoms with Crippen LogP contribution in [0.15, 0.2) is 77.8 Å². The number of unbranched alkanes of at least 4 members (excludes halogenated alkanes) is 3. The number of para-hydroxylation sites is 1. The Morgan fingerprint density at radius 1 is 0.903 bits per heavy atom. The molecule has 0 aliphatic carbocycles. The van der Waals surface area contributed by atoms with Crippen molar-refractivity contribution in [2.24, 2.45) is 4.99 Å². The largest absolute Gasteiger partial charge is 0.494 e. The van der Waals surface area contributed by atoms with Gasteiger partial charge >= 0.3 is 5.97 Å². The third kappa shape index (κ3) is 7.10. The van der Waals surface area contributed by atoms with Gasteiger partial charge in [-0.1, -0.05) is 44.4 Å². The zero-order valence-corrected chi connectivity index (χ0v) is 18.2. The summed E-state index contributed by atoms with van der Waals surface area (Å²) in [6, 6.07) is 22.4. The molecule has 0 unspecified atom stereocenters. The summed E-state index contributed by atoms with van der Waals surface area (Å²) in [5.41, 5.74) is 3.16. The van der Waals surface area contributed by atoms with E-state index in [1.807, 2.05) is 49.4 Å². The fraction of sp³-hybridized carbons (Fsp3) is 0.259. The topological polar surface area (TPSA) is 47.9 Å². The lowest BCUT2D eigenvalue weighted by Crippen LogP contribution is -2.08. The molecular weight excluding hydrogens is 386 g/mol. The SMILES string of the molecule is CCCCCCOc1ccc(C=Nc2ccc(C(=O)Oc3ccccc3C)cc2)cc1. The molecule has 31 heavy (non-hydrogen) atoms. The fourth-order valence-corrected chi connectivity index (χ4v) is 3.03. The average Bonchev–Trinajstić information content (AvgIpc) is 2.80. The molecule has 3 rings (SSSR count). The van der Waals surface area contributed by atoms with Crippen molar-refractivity contribution in [2.45, 2.75) is 39.5 Å². The van der Waals surface area contributed by atoms with Crippen LogP contribution >= 0.6 is 0 Å². The molecular formula is C27H29NO3. The van der Waals surface area contributed by atoms with E-state index in [1.54, 1.807) is 36.5 Å². The van der Waals surface area contributed by atoms with Crippen LogP contribution < -0.4 is 9.47 Å². The van der Waals surface area contributed by atoms with Crippen molar-refractivity contribution in [1.82, 2.24) is 0 Å². The number of carbonyl (C=O) groups is 1. The second kappa shape index (κ2) is 11.7. The van der Waals surface area contributed by atoms with Gasteiger partial charge in [0.25, 0.3) is 0 Å². The molecule has 0 amide bonds. The minimum atomic E-state index is -0.380. The van der Waals surface area contributed by atoms with E-state index < -0.39 is 0 Å². The number of rotatable bonds is 10. The molecule has 160 valence electrons. The summed E-state index contributed by atoms with van der Waals surface area (Å²) in [6.07, 6.45) is 6.59. The first-order valence-electron chi connectivity index (χ1n) is 10.8. The van der Waals surface area contributed by atoms with Crippen LogP contribution in [0, 0.1) is 6.92 Å². The number of aliphatic imine (C=N–C) groups is 1. The molecule has 0 heterocycles. The Labute approximate surface area is 184 Å². The van der Waals surface area contributed by atoms with E-state index in [4.69, 9.17) is 9.47 Å². The molecule has 0 aliphatic rings. The summed E-state index contributed by atoms with van der Waals surface area (Å²) in [6.45, 7) is 4.87. The van der Waals surface area contributed by atoms with Crippen LogP contribution in [0.1, 0.15) is 54.1 Å². The maximum Gasteiger partial charge on any atom is 0.343 e. The third-order valence-corrected chi connectivity index (χ3v) is 4.91. The maximum atomic E-state index is 12.3. The van der Waals surface area contributed by atoms with E-state index in [9.17, 15) is 4.79 Å². The summed E-state index contributed by atoms with van der Waals surface area (Å²) >= 11 is 0. The molecule has 0 atom stereocenters. The van der Waals surface area contributed by atoms with Gasteiger partial charge in [-0.25, -0.2) is 4.79 Å². The van der Waals surface area contributed by atoms with Crippen LogP contribution in [0.25, 0.3) is 0 Å². The van der Waals surface area contributed by atoms with Gasteiger partial charge in [0.2, 0.25) is 0 Å². The lowest BCUT2D eigenvalue weighted by molar-refractivity contribution is 0.0733. The first-order valence-corrected chi connectivity index (χ1v) is 10.8. The van der Waals surface area contributed by atoms with Gasteiger partial charge in [0.15, 0.2) is 0 Å². The zero-order valence-electron chi connectivity index (χ0n) is 18.2. The summed E-state index contributed by atoms with van der Waals surface area (Å²) < 4.78 is 11.2. The minimum Gasteiger partial charge on any atom is -0.494 e. The second-order valence-corrected chi connectivity index (χ2v) is 7.44. The molecule has 0 aromatic heterocycles. The summed E-state index contributed by atoms with van der Waals surface area (Å²) in [5.74, 6) is 1.07. The number of esters is 1. The van der Waals surface area contributed by atoms with Gasteiger partial charge in [-0.3, -0.25) is 4.99 Å². The number of nitrogens with zero attached hydrogens (tertiary/aromatic N) is 1. The Kier molecular flexibility index (Phi) is 8.41. The van der Waals surface area contributed by atoms with Crippen LogP contribution in [0.5, 0.6) is 11.5 Å². The highest BCUT2D eigenvalue weighted by Gasteiger charge is 2.09. The Morgan fingerprint density at radius 3 is 2.35 bits per heavy atom. The highest BCUT2D eigenvalue weighted by molar-refractivity contribution is 5.91. The normalized spacial score (nSPS) is 10.9. The third-order valence-electron chi connectivity index (χ3n) is 4.91. The summed E-state index contributed by atoms with van der Waals surface area (Å²) in [4.78, 5) is 16.8. The molecule has 0 N–H and O–H groups in total.